The van der Waals surface area contributed by atoms with Crippen molar-refractivity contribution in [2.45, 2.75) is 39.3 Å². The standard InChI is InChI=1S/C21H28N4O3/c1-13-18(14(2)25(4)23-13)12-22-21(27)17-10-11-19(26)24(3)20(17)15-6-8-16(28-5)9-7-15/h6-9,17,20H,10-12H2,1-5H3,(H,22,27)/t17-,20+/m1/s1. The number of likely N-dealkylation sites (tertiary alicyclic amines) is 1. The van der Waals surface area contributed by atoms with Gasteiger partial charge in [0.2, 0.25) is 11.8 Å². The molecule has 2 atom stereocenters. The quantitative estimate of drug-likeness (QED) is 0.858. The number of aromatic nitrogens is 2. The van der Waals surface area contributed by atoms with Crippen LogP contribution in [0.15, 0.2) is 24.3 Å². The number of aryl methyl sites for hydroxylation is 2. The second-order valence-corrected chi connectivity index (χ2v) is 7.36. The van der Waals surface area contributed by atoms with Gasteiger partial charge in [0.25, 0.3) is 0 Å². The number of rotatable bonds is 5. The van der Waals surface area contributed by atoms with Crippen LogP contribution in [0.2, 0.25) is 0 Å². The predicted molar refractivity (Wildman–Crippen MR) is 106 cm³/mol. The summed E-state index contributed by atoms with van der Waals surface area (Å²) in [6, 6.07) is 7.28. The summed E-state index contributed by atoms with van der Waals surface area (Å²) in [6.45, 7) is 4.38. The zero-order valence-corrected chi connectivity index (χ0v) is 17.2. The molecule has 0 aliphatic carbocycles. The molecule has 0 saturated carbocycles. The van der Waals surface area contributed by atoms with Crippen LogP contribution in [0.25, 0.3) is 0 Å². The van der Waals surface area contributed by atoms with E-state index < -0.39 is 0 Å². The molecule has 0 unspecified atom stereocenters. The van der Waals surface area contributed by atoms with Gasteiger partial charge >= 0.3 is 0 Å². The van der Waals surface area contributed by atoms with Gasteiger partial charge in [-0.3, -0.25) is 14.3 Å². The van der Waals surface area contributed by atoms with Crippen molar-refractivity contribution in [3.63, 3.8) is 0 Å². The molecule has 0 spiro atoms. The maximum atomic E-state index is 13.1. The molecule has 1 aliphatic heterocycles. The average molecular weight is 384 g/mol. The van der Waals surface area contributed by atoms with Crippen LogP contribution in [0.1, 0.15) is 41.4 Å². The molecule has 28 heavy (non-hydrogen) atoms. The summed E-state index contributed by atoms with van der Waals surface area (Å²) in [4.78, 5) is 27.0. The predicted octanol–water partition coefficient (Wildman–Crippen LogP) is 2.27. The zero-order valence-electron chi connectivity index (χ0n) is 17.2. The highest BCUT2D eigenvalue weighted by molar-refractivity contribution is 5.85. The number of hydrogen-bond acceptors (Lipinski definition) is 4. The van der Waals surface area contributed by atoms with Gasteiger partial charge in [0.05, 0.1) is 24.8 Å². The fourth-order valence-electron chi connectivity index (χ4n) is 3.95. The Morgan fingerprint density at radius 2 is 1.93 bits per heavy atom. The largest absolute Gasteiger partial charge is 0.497 e. The van der Waals surface area contributed by atoms with Gasteiger partial charge in [0.1, 0.15) is 5.75 Å². The summed E-state index contributed by atoms with van der Waals surface area (Å²) >= 11 is 0. The molecule has 1 fully saturated rings. The van der Waals surface area contributed by atoms with E-state index in [9.17, 15) is 9.59 Å². The minimum absolute atomic E-state index is 0.0391. The highest BCUT2D eigenvalue weighted by Crippen LogP contribution is 2.36. The smallest absolute Gasteiger partial charge is 0.225 e. The number of methoxy groups -OCH3 is 1. The molecular formula is C21H28N4O3. The van der Waals surface area contributed by atoms with E-state index in [2.05, 4.69) is 10.4 Å². The highest BCUT2D eigenvalue weighted by Gasteiger charge is 2.38. The van der Waals surface area contributed by atoms with Crippen LogP contribution >= 0.6 is 0 Å². The molecule has 0 bridgehead atoms. The third-order valence-corrected chi connectivity index (χ3v) is 5.75. The highest BCUT2D eigenvalue weighted by atomic mass is 16.5. The molecule has 1 aromatic carbocycles. The van der Waals surface area contributed by atoms with Gasteiger partial charge in [0.15, 0.2) is 0 Å². The lowest BCUT2D eigenvalue weighted by Crippen LogP contribution is -2.46. The number of nitrogens with one attached hydrogen (secondary N) is 1. The molecule has 2 aromatic rings. The first-order valence-corrected chi connectivity index (χ1v) is 9.50. The van der Waals surface area contributed by atoms with Gasteiger partial charge < -0.3 is 15.0 Å². The van der Waals surface area contributed by atoms with E-state index in [0.717, 1.165) is 28.3 Å². The van der Waals surface area contributed by atoms with Crippen LogP contribution in [0.3, 0.4) is 0 Å². The number of hydrogen-bond donors (Lipinski definition) is 1. The maximum Gasteiger partial charge on any atom is 0.225 e. The zero-order chi connectivity index (χ0) is 20.4. The second kappa shape index (κ2) is 8.04. The lowest BCUT2D eigenvalue weighted by Gasteiger charge is -2.38. The van der Waals surface area contributed by atoms with Gasteiger partial charge in [-0.2, -0.15) is 5.10 Å². The molecular weight excluding hydrogens is 356 g/mol. The van der Waals surface area contributed by atoms with E-state index in [1.165, 1.54) is 0 Å². The third-order valence-electron chi connectivity index (χ3n) is 5.75. The summed E-state index contributed by atoms with van der Waals surface area (Å²) in [5.41, 5.74) is 3.94. The first-order valence-electron chi connectivity index (χ1n) is 9.50. The van der Waals surface area contributed by atoms with E-state index in [4.69, 9.17) is 4.74 Å². The maximum absolute atomic E-state index is 13.1. The minimum Gasteiger partial charge on any atom is -0.497 e. The number of carbonyl (C=O) groups is 2. The van der Waals surface area contributed by atoms with Gasteiger partial charge in [0, 0.05) is 38.3 Å². The van der Waals surface area contributed by atoms with Crippen molar-refractivity contribution in [3.05, 3.63) is 46.8 Å². The van der Waals surface area contributed by atoms with Crippen molar-refractivity contribution in [1.29, 1.82) is 0 Å². The number of nitrogens with zero attached hydrogens (tertiary/aromatic N) is 3. The second-order valence-electron chi connectivity index (χ2n) is 7.36. The third kappa shape index (κ3) is 3.74. The van der Waals surface area contributed by atoms with Crippen LogP contribution < -0.4 is 10.1 Å². The molecule has 2 amide bonds. The normalized spacial score (nSPS) is 19.6. The number of ether oxygens (including phenoxy) is 1. The van der Waals surface area contributed by atoms with Crippen molar-refractivity contribution in [2.24, 2.45) is 13.0 Å². The van der Waals surface area contributed by atoms with Crippen molar-refractivity contribution in [2.75, 3.05) is 14.2 Å². The van der Waals surface area contributed by atoms with Gasteiger partial charge in [-0.05, 0) is 38.0 Å². The molecule has 7 nitrogen and oxygen atoms in total. The SMILES string of the molecule is COc1ccc([C@H]2[C@H](C(=O)NCc3c(C)nn(C)c3C)CCC(=O)N2C)cc1. The van der Waals surface area contributed by atoms with E-state index >= 15 is 0 Å². The Hall–Kier alpha value is -2.83. The number of amides is 2. The van der Waals surface area contributed by atoms with Gasteiger partial charge in [-0.15, -0.1) is 0 Å². The number of piperidine rings is 1. The Labute approximate surface area is 165 Å². The summed E-state index contributed by atoms with van der Waals surface area (Å²) < 4.78 is 7.05. The van der Waals surface area contributed by atoms with E-state index in [0.29, 0.717) is 19.4 Å². The fourth-order valence-corrected chi connectivity index (χ4v) is 3.95. The van der Waals surface area contributed by atoms with Crippen LogP contribution in [0, 0.1) is 19.8 Å². The van der Waals surface area contributed by atoms with E-state index in [-0.39, 0.29) is 23.8 Å². The van der Waals surface area contributed by atoms with E-state index in [1.54, 1.807) is 19.1 Å². The Morgan fingerprint density at radius 3 is 2.50 bits per heavy atom. The lowest BCUT2D eigenvalue weighted by atomic mass is 9.84. The summed E-state index contributed by atoms with van der Waals surface area (Å²) in [6.07, 6.45) is 0.920. The van der Waals surface area contributed by atoms with Crippen LogP contribution in [-0.2, 0) is 23.2 Å². The Balaban J connectivity index is 1.80. The van der Waals surface area contributed by atoms with Crippen molar-refractivity contribution >= 4 is 11.8 Å². The van der Waals surface area contributed by atoms with Crippen molar-refractivity contribution < 1.29 is 14.3 Å². The van der Waals surface area contributed by atoms with E-state index in [1.807, 2.05) is 49.8 Å². The summed E-state index contributed by atoms with van der Waals surface area (Å²) in [5, 5.41) is 7.47. The topological polar surface area (TPSA) is 76.5 Å². The Morgan fingerprint density at radius 1 is 1.25 bits per heavy atom. The molecule has 0 radical (unpaired) electrons. The summed E-state index contributed by atoms with van der Waals surface area (Å²) in [5.74, 6) is 0.470. The Kier molecular flexibility index (Phi) is 5.72. The molecule has 1 saturated heterocycles. The van der Waals surface area contributed by atoms with Crippen LogP contribution in [0.5, 0.6) is 5.75 Å². The molecule has 1 aliphatic rings. The molecule has 150 valence electrons. The van der Waals surface area contributed by atoms with Gasteiger partial charge in [-0.1, -0.05) is 12.1 Å². The summed E-state index contributed by atoms with van der Waals surface area (Å²) in [7, 11) is 5.28. The number of benzene rings is 1. The molecule has 1 aromatic heterocycles. The van der Waals surface area contributed by atoms with Crippen molar-refractivity contribution in [3.8, 4) is 5.75 Å². The molecule has 1 N–H and O–H groups in total. The number of carbonyl (C=O) groups excluding carboxylic acids is 2. The molecule has 3 rings (SSSR count). The minimum atomic E-state index is -0.298. The first-order chi connectivity index (χ1) is 13.3. The lowest BCUT2D eigenvalue weighted by molar-refractivity contribution is -0.141. The fraction of sp³-hybridized carbons (Fsp3) is 0.476. The molecule has 7 heteroatoms. The van der Waals surface area contributed by atoms with Crippen LogP contribution in [0.4, 0.5) is 0 Å². The Bertz CT molecular complexity index is 873. The average Bonchev–Trinajstić information content (AvgIpc) is 2.93. The first kappa shape index (κ1) is 19.9. The van der Waals surface area contributed by atoms with Crippen molar-refractivity contribution in [1.82, 2.24) is 20.0 Å². The monoisotopic (exact) mass is 384 g/mol. The molecule has 2 heterocycles. The van der Waals surface area contributed by atoms with Gasteiger partial charge in [-0.25, -0.2) is 0 Å². The van der Waals surface area contributed by atoms with Crippen LogP contribution in [-0.4, -0.2) is 40.7 Å².